The van der Waals surface area contributed by atoms with Gasteiger partial charge in [-0.3, -0.25) is 0 Å². The lowest BCUT2D eigenvalue weighted by molar-refractivity contribution is 0.422. The fraction of sp³-hybridized carbons (Fsp3) is 0.600. The van der Waals surface area contributed by atoms with Gasteiger partial charge >= 0.3 is 0 Å². The summed E-state index contributed by atoms with van der Waals surface area (Å²) in [4.78, 5) is 0. The molecule has 0 bridgehead atoms. The molecule has 1 heterocycles. The van der Waals surface area contributed by atoms with Gasteiger partial charge in [-0.15, -0.1) is 0 Å². The van der Waals surface area contributed by atoms with Gasteiger partial charge in [-0.05, 0) is 37.4 Å². The van der Waals surface area contributed by atoms with E-state index in [1.54, 1.807) is 6.07 Å². The number of hydrogen-bond acceptors (Lipinski definition) is 4. The summed E-state index contributed by atoms with van der Waals surface area (Å²) in [5.74, 6) is 0.240. The van der Waals surface area contributed by atoms with Gasteiger partial charge in [-0.2, -0.15) is 0 Å². The van der Waals surface area contributed by atoms with Crippen LogP contribution in [0.5, 0.6) is 0 Å². The zero-order valence-corrected chi connectivity index (χ0v) is 9.74. The van der Waals surface area contributed by atoms with E-state index in [2.05, 4.69) is 4.72 Å². The van der Waals surface area contributed by atoms with Crippen LogP contribution in [0.1, 0.15) is 19.3 Å². The van der Waals surface area contributed by atoms with Crippen molar-refractivity contribution < 1.29 is 12.8 Å². The van der Waals surface area contributed by atoms with Crippen molar-refractivity contribution in [1.82, 2.24) is 4.72 Å². The molecule has 2 atom stereocenters. The number of nitrogens with two attached hydrogens (primary N) is 1. The minimum atomic E-state index is -3.52. The quantitative estimate of drug-likeness (QED) is 0.815. The van der Waals surface area contributed by atoms with E-state index in [1.807, 2.05) is 0 Å². The highest BCUT2D eigenvalue weighted by Crippen LogP contribution is 2.26. The van der Waals surface area contributed by atoms with Crippen LogP contribution in [0.3, 0.4) is 0 Å². The average molecular weight is 244 g/mol. The summed E-state index contributed by atoms with van der Waals surface area (Å²) in [6.45, 7) is 0.519. The van der Waals surface area contributed by atoms with Gasteiger partial charge < -0.3 is 10.2 Å². The lowest BCUT2D eigenvalue weighted by Gasteiger charge is -2.18. The molecule has 0 saturated heterocycles. The van der Waals surface area contributed by atoms with E-state index in [0.717, 1.165) is 19.3 Å². The summed E-state index contributed by atoms with van der Waals surface area (Å²) in [6, 6.07) is 2.94. The van der Waals surface area contributed by atoms with E-state index in [4.69, 9.17) is 10.2 Å². The molecule has 1 aromatic heterocycles. The highest BCUT2D eigenvalue weighted by atomic mass is 32.2. The van der Waals surface area contributed by atoms with Gasteiger partial charge in [-0.1, -0.05) is 6.42 Å². The van der Waals surface area contributed by atoms with Crippen molar-refractivity contribution in [3.63, 3.8) is 0 Å². The third-order valence-electron chi connectivity index (χ3n) is 3.03. The Kier molecular flexibility index (Phi) is 3.32. The molecule has 0 aromatic carbocycles. The summed E-state index contributed by atoms with van der Waals surface area (Å²) in [5.41, 5.74) is 5.60. The van der Waals surface area contributed by atoms with Gasteiger partial charge in [0.05, 0.1) is 6.26 Å². The molecule has 0 aliphatic heterocycles. The maximum atomic E-state index is 11.9. The Hall–Kier alpha value is -0.850. The zero-order chi connectivity index (χ0) is 11.6. The summed E-state index contributed by atoms with van der Waals surface area (Å²) in [7, 11) is -3.52. The lowest BCUT2D eigenvalue weighted by Crippen LogP contribution is -2.39. The first-order valence-corrected chi connectivity index (χ1v) is 6.87. The number of furan rings is 1. The molecular weight excluding hydrogens is 228 g/mol. The van der Waals surface area contributed by atoms with Crippen LogP contribution in [-0.4, -0.2) is 21.0 Å². The van der Waals surface area contributed by atoms with Crippen LogP contribution in [-0.2, 0) is 10.0 Å². The highest BCUT2D eigenvalue weighted by Gasteiger charge is 2.31. The average Bonchev–Trinajstić information content (AvgIpc) is 2.86. The Morgan fingerprint density at radius 1 is 1.50 bits per heavy atom. The van der Waals surface area contributed by atoms with Gasteiger partial charge in [0.25, 0.3) is 10.0 Å². The lowest BCUT2D eigenvalue weighted by atomic mass is 10.1. The Morgan fingerprint density at radius 3 is 2.94 bits per heavy atom. The third kappa shape index (κ3) is 2.28. The van der Waals surface area contributed by atoms with Crippen molar-refractivity contribution in [1.29, 1.82) is 0 Å². The van der Waals surface area contributed by atoms with Crippen LogP contribution >= 0.6 is 0 Å². The summed E-state index contributed by atoms with van der Waals surface area (Å²) >= 11 is 0. The summed E-state index contributed by atoms with van der Waals surface area (Å²) in [5, 5.41) is -0.0322. The van der Waals surface area contributed by atoms with Crippen molar-refractivity contribution in [3.05, 3.63) is 18.4 Å². The molecule has 1 aromatic rings. The SMILES string of the molecule is NCC1CCCC1NS(=O)(=O)c1ccco1. The molecule has 0 radical (unpaired) electrons. The number of sulfonamides is 1. The Labute approximate surface area is 95.1 Å². The van der Waals surface area contributed by atoms with E-state index in [-0.39, 0.29) is 17.1 Å². The largest absolute Gasteiger partial charge is 0.452 e. The zero-order valence-electron chi connectivity index (χ0n) is 8.93. The van der Waals surface area contributed by atoms with Crippen LogP contribution in [0, 0.1) is 5.92 Å². The van der Waals surface area contributed by atoms with Crippen molar-refractivity contribution in [3.8, 4) is 0 Å². The summed E-state index contributed by atoms with van der Waals surface area (Å²) in [6.07, 6.45) is 4.21. The first kappa shape index (κ1) is 11.6. The molecule has 1 fully saturated rings. The molecule has 1 aliphatic carbocycles. The molecule has 2 unspecified atom stereocenters. The smallest absolute Gasteiger partial charge is 0.274 e. The van der Waals surface area contributed by atoms with Gasteiger partial charge in [0.15, 0.2) is 0 Å². The monoisotopic (exact) mass is 244 g/mol. The van der Waals surface area contributed by atoms with Crippen molar-refractivity contribution in [2.24, 2.45) is 11.7 Å². The minimum Gasteiger partial charge on any atom is -0.452 e. The number of rotatable bonds is 4. The minimum absolute atomic E-state index is 0.0322. The first-order valence-electron chi connectivity index (χ1n) is 5.39. The molecule has 0 amide bonds. The molecule has 90 valence electrons. The molecule has 0 spiro atoms. The molecule has 6 heteroatoms. The van der Waals surface area contributed by atoms with Crippen LogP contribution in [0.15, 0.2) is 27.9 Å². The number of hydrogen-bond donors (Lipinski definition) is 2. The molecule has 1 saturated carbocycles. The maximum Gasteiger partial charge on any atom is 0.274 e. The number of nitrogens with one attached hydrogen (secondary N) is 1. The summed E-state index contributed by atoms with van der Waals surface area (Å²) < 4.78 is 31.3. The molecular formula is C10H16N2O3S. The van der Waals surface area contributed by atoms with E-state index in [1.165, 1.54) is 12.3 Å². The second-order valence-electron chi connectivity index (χ2n) is 4.09. The predicted molar refractivity (Wildman–Crippen MR) is 59.2 cm³/mol. The molecule has 2 rings (SSSR count). The van der Waals surface area contributed by atoms with E-state index >= 15 is 0 Å². The second-order valence-corrected chi connectivity index (χ2v) is 5.73. The topological polar surface area (TPSA) is 85.3 Å². The Balaban J connectivity index is 2.10. The first-order chi connectivity index (χ1) is 7.63. The highest BCUT2D eigenvalue weighted by molar-refractivity contribution is 7.89. The molecule has 16 heavy (non-hydrogen) atoms. The van der Waals surface area contributed by atoms with Crippen molar-refractivity contribution in [2.45, 2.75) is 30.4 Å². The van der Waals surface area contributed by atoms with Crippen LogP contribution in [0.4, 0.5) is 0 Å². The van der Waals surface area contributed by atoms with Gasteiger partial charge in [0, 0.05) is 6.04 Å². The molecule has 3 N–H and O–H groups in total. The maximum absolute atomic E-state index is 11.9. The van der Waals surface area contributed by atoms with E-state index < -0.39 is 10.0 Å². The van der Waals surface area contributed by atoms with E-state index in [9.17, 15) is 8.42 Å². The molecule has 1 aliphatic rings. The van der Waals surface area contributed by atoms with Gasteiger partial charge in [0.2, 0.25) is 5.09 Å². The Morgan fingerprint density at radius 2 is 2.31 bits per heavy atom. The second kappa shape index (κ2) is 4.57. The van der Waals surface area contributed by atoms with Crippen molar-refractivity contribution in [2.75, 3.05) is 6.54 Å². The van der Waals surface area contributed by atoms with Crippen molar-refractivity contribution >= 4 is 10.0 Å². The fourth-order valence-electron chi connectivity index (χ4n) is 2.15. The Bertz CT molecular complexity index is 427. The standard InChI is InChI=1S/C10H16N2O3S/c11-7-8-3-1-4-9(8)12-16(13,14)10-5-2-6-15-10/h2,5-6,8-9,12H,1,3-4,7,11H2. The third-order valence-corrected chi connectivity index (χ3v) is 4.40. The predicted octanol–water partition coefficient (Wildman–Crippen LogP) is 0.685. The van der Waals surface area contributed by atoms with Gasteiger partial charge in [0.1, 0.15) is 0 Å². The van der Waals surface area contributed by atoms with Gasteiger partial charge in [-0.25, -0.2) is 13.1 Å². The van der Waals surface area contributed by atoms with Crippen LogP contribution in [0.2, 0.25) is 0 Å². The normalized spacial score (nSPS) is 26.1. The fourth-order valence-corrected chi connectivity index (χ4v) is 3.41. The van der Waals surface area contributed by atoms with E-state index in [0.29, 0.717) is 6.54 Å². The van der Waals surface area contributed by atoms with Crippen LogP contribution in [0.25, 0.3) is 0 Å². The molecule has 5 nitrogen and oxygen atoms in total. The van der Waals surface area contributed by atoms with Crippen LogP contribution < -0.4 is 10.5 Å².